The van der Waals surface area contributed by atoms with Gasteiger partial charge in [0.15, 0.2) is 0 Å². The summed E-state index contributed by atoms with van der Waals surface area (Å²) in [6.07, 6.45) is 0. The minimum absolute atomic E-state index is 0.119. The first-order valence-corrected chi connectivity index (χ1v) is 6.71. The molecule has 0 saturated heterocycles. The molecule has 0 bridgehead atoms. The Bertz CT molecular complexity index is 596. The molecule has 1 aromatic carbocycles. The monoisotopic (exact) mass is 275 g/mol. The van der Waals surface area contributed by atoms with Gasteiger partial charge in [-0.1, -0.05) is 12.1 Å². The number of nitrogens with zero attached hydrogens (tertiary/aromatic N) is 3. The molecule has 0 fully saturated rings. The van der Waals surface area contributed by atoms with Gasteiger partial charge in [-0.3, -0.25) is 10.1 Å². The molecule has 0 atom stereocenters. The summed E-state index contributed by atoms with van der Waals surface area (Å²) in [5, 5.41) is 11.6. The van der Waals surface area contributed by atoms with Gasteiger partial charge in [-0.2, -0.15) is 0 Å². The maximum atomic E-state index is 10.7. The minimum Gasteiger partial charge on any atom is -0.258 e. The van der Waals surface area contributed by atoms with Crippen molar-refractivity contribution in [3.63, 3.8) is 0 Å². The van der Waals surface area contributed by atoms with Gasteiger partial charge in [0.25, 0.3) is 5.69 Å². The predicted molar refractivity (Wildman–Crippen MR) is 74.2 cm³/mol. The average Bonchev–Trinajstić information content (AvgIpc) is 2.35. The van der Waals surface area contributed by atoms with E-state index in [-0.39, 0.29) is 10.6 Å². The van der Waals surface area contributed by atoms with Crippen LogP contribution in [0, 0.1) is 24.0 Å². The summed E-state index contributed by atoms with van der Waals surface area (Å²) in [7, 11) is 0. The Morgan fingerprint density at radius 3 is 2.74 bits per heavy atom. The van der Waals surface area contributed by atoms with Crippen molar-refractivity contribution in [2.45, 2.75) is 24.6 Å². The molecule has 1 aromatic heterocycles. The lowest BCUT2D eigenvalue weighted by atomic mass is 10.2. The highest BCUT2D eigenvalue weighted by atomic mass is 32.2. The van der Waals surface area contributed by atoms with Crippen LogP contribution in [0.5, 0.6) is 0 Å². The molecule has 0 aliphatic heterocycles. The second-order valence-electron chi connectivity index (χ2n) is 4.11. The van der Waals surface area contributed by atoms with Crippen LogP contribution in [0.2, 0.25) is 0 Å². The van der Waals surface area contributed by atoms with E-state index < -0.39 is 0 Å². The number of aromatic nitrogens is 2. The number of benzene rings is 1. The van der Waals surface area contributed by atoms with E-state index in [9.17, 15) is 10.1 Å². The fourth-order valence-corrected chi connectivity index (χ4v) is 2.62. The first-order chi connectivity index (χ1) is 9.04. The normalized spacial score (nSPS) is 10.4. The molecule has 0 N–H and O–H groups in total. The summed E-state index contributed by atoms with van der Waals surface area (Å²) >= 11 is 1.55. The Morgan fingerprint density at radius 1 is 1.26 bits per heavy atom. The van der Waals surface area contributed by atoms with E-state index in [1.165, 1.54) is 6.07 Å². The van der Waals surface area contributed by atoms with Crippen LogP contribution in [0.1, 0.15) is 17.1 Å². The first-order valence-electron chi connectivity index (χ1n) is 5.73. The highest BCUT2D eigenvalue weighted by Crippen LogP contribution is 2.23. The molecule has 6 heteroatoms. The van der Waals surface area contributed by atoms with Gasteiger partial charge in [-0.05, 0) is 25.5 Å². The van der Waals surface area contributed by atoms with Crippen LogP contribution >= 0.6 is 11.8 Å². The predicted octanol–water partition coefficient (Wildman–Crippen LogP) is 3.29. The van der Waals surface area contributed by atoms with Crippen LogP contribution in [0.25, 0.3) is 0 Å². The van der Waals surface area contributed by atoms with Crippen molar-refractivity contribution in [1.29, 1.82) is 0 Å². The number of hydrogen-bond donors (Lipinski definition) is 0. The Morgan fingerprint density at radius 2 is 2.05 bits per heavy atom. The van der Waals surface area contributed by atoms with Crippen LogP contribution in [0.15, 0.2) is 35.4 Å². The fraction of sp³-hybridized carbons (Fsp3) is 0.231. The van der Waals surface area contributed by atoms with Crippen molar-refractivity contribution >= 4 is 17.4 Å². The second-order valence-corrected chi connectivity index (χ2v) is 5.11. The van der Waals surface area contributed by atoms with E-state index in [1.54, 1.807) is 23.9 Å². The van der Waals surface area contributed by atoms with E-state index in [0.717, 1.165) is 22.1 Å². The number of thioether (sulfide) groups is 1. The zero-order valence-electron chi connectivity index (χ0n) is 10.7. The van der Waals surface area contributed by atoms with E-state index >= 15 is 0 Å². The number of nitro benzene ring substituents is 1. The smallest absolute Gasteiger partial charge is 0.258 e. The second kappa shape index (κ2) is 5.79. The molecule has 1 heterocycles. The first kappa shape index (κ1) is 13.5. The molecule has 0 saturated carbocycles. The van der Waals surface area contributed by atoms with Gasteiger partial charge in [0.05, 0.1) is 4.92 Å². The Balaban J connectivity index is 2.10. The van der Waals surface area contributed by atoms with Crippen molar-refractivity contribution in [3.8, 4) is 0 Å². The molecule has 0 spiro atoms. The molecule has 2 rings (SSSR count). The van der Waals surface area contributed by atoms with Gasteiger partial charge in [0.1, 0.15) is 10.9 Å². The molecule has 0 aliphatic carbocycles. The van der Waals surface area contributed by atoms with Gasteiger partial charge < -0.3 is 0 Å². The SMILES string of the molecule is Cc1cc(SCc2cccc([N+](=O)[O-])c2)nc(C)n1. The molecule has 0 radical (unpaired) electrons. The molecule has 2 aromatic rings. The third-order valence-corrected chi connectivity index (χ3v) is 3.43. The van der Waals surface area contributed by atoms with Crippen LogP contribution < -0.4 is 0 Å². The summed E-state index contributed by atoms with van der Waals surface area (Å²) in [6.45, 7) is 3.77. The summed E-state index contributed by atoms with van der Waals surface area (Å²) in [5.41, 5.74) is 1.95. The lowest BCUT2D eigenvalue weighted by Gasteiger charge is -2.03. The standard InChI is InChI=1S/C13H13N3O2S/c1-9-6-13(15-10(2)14-9)19-8-11-4-3-5-12(7-11)16(17)18/h3-7H,8H2,1-2H3. The maximum absolute atomic E-state index is 10.7. The number of non-ortho nitro benzene ring substituents is 1. The van der Waals surface area contributed by atoms with E-state index in [4.69, 9.17) is 0 Å². The molecule has 0 amide bonds. The average molecular weight is 275 g/mol. The van der Waals surface area contributed by atoms with Crippen molar-refractivity contribution in [2.24, 2.45) is 0 Å². The maximum Gasteiger partial charge on any atom is 0.269 e. The van der Waals surface area contributed by atoms with Crippen LogP contribution in [-0.4, -0.2) is 14.9 Å². The minimum atomic E-state index is -0.382. The lowest BCUT2D eigenvalue weighted by Crippen LogP contribution is -1.93. The van der Waals surface area contributed by atoms with Crippen LogP contribution in [0.3, 0.4) is 0 Å². The Labute approximate surface area is 115 Å². The molecule has 0 aliphatic rings. The molecular formula is C13H13N3O2S. The van der Waals surface area contributed by atoms with Gasteiger partial charge in [-0.15, -0.1) is 11.8 Å². The molecule has 98 valence electrons. The third-order valence-electron chi connectivity index (χ3n) is 2.45. The largest absolute Gasteiger partial charge is 0.269 e. The Hall–Kier alpha value is -1.95. The van der Waals surface area contributed by atoms with Gasteiger partial charge in [0.2, 0.25) is 0 Å². The number of hydrogen-bond acceptors (Lipinski definition) is 5. The molecule has 0 unspecified atom stereocenters. The van der Waals surface area contributed by atoms with Crippen molar-refractivity contribution in [3.05, 3.63) is 57.5 Å². The third kappa shape index (κ3) is 3.75. The summed E-state index contributed by atoms with van der Waals surface area (Å²) in [6, 6.07) is 8.57. The number of nitro groups is 1. The highest BCUT2D eigenvalue weighted by Gasteiger charge is 2.06. The Kier molecular flexibility index (Phi) is 4.11. The quantitative estimate of drug-likeness (QED) is 0.370. The summed E-state index contributed by atoms with van der Waals surface area (Å²) in [4.78, 5) is 18.9. The van der Waals surface area contributed by atoms with Crippen LogP contribution in [-0.2, 0) is 5.75 Å². The molecule has 19 heavy (non-hydrogen) atoms. The topological polar surface area (TPSA) is 68.9 Å². The van der Waals surface area contributed by atoms with Crippen molar-refractivity contribution in [2.75, 3.05) is 0 Å². The summed E-state index contributed by atoms with van der Waals surface area (Å²) in [5.74, 6) is 1.39. The zero-order valence-corrected chi connectivity index (χ0v) is 11.5. The van der Waals surface area contributed by atoms with Gasteiger partial charge >= 0.3 is 0 Å². The number of rotatable bonds is 4. The zero-order chi connectivity index (χ0) is 13.8. The van der Waals surface area contributed by atoms with E-state index in [1.807, 2.05) is 26.0 Å². The van der Waals surface area contributed by atoms with Crippen LogP contribution in [0.4, 0.5) is 5.69 Å². The molecule has 5 nitrogen and oxygen atoms in total. The molecular weight excluding hydrogens is 262 g/mol. The van der Waals surface area contributed by atoms with Gasteiger partial charge in [-0.25, -0.2) is 9.97 Å². The lowest BCUT2D eigenvalue weighted by molar-refractivity contribution is -0.384. The highest BCUT2D eigenvalue weighted by molar-refractivity contribution is 7.98. The van der Waals surface area contributed by atoms with Crippen molar-refractivity contribution < 1.29 is 4.92 Å². The van der Waals surface area contributed by atoms with E-state index in [0.29, 0.717) is 5.75 Å². The van der Waals surface area contributed by atoms with Crippen molar-refractivity contribution in [1.82, 2.24) is 9.97 Å². The van der Waals surface area contributed by atoms with E-state index in [2.05, 4.69) is 9.97 Å². The fourth-order valence-electron chi connectivity index (χ4n) is 1.67. The number of aryl methyl sites for hydroxylation is 2. The summed E-state index contributed by atoms with van der Waals surface area (Å²) < 4.78 is 0. The van der Waals surface area contributed by atoms with Gasteiger partial charge in [0, 0.05) is 23.6 Å².